The Labute approximate surface area is 110 Å². The summed E-state index contributed by atoms with van der Waals surface area (Å²) in [6, 6.07) is 0. The number of amides is 2. The predicted octanol–water partition coefficient (Wildman–Crippen LogP) is 1.52. The number of carbonyl (C=O) groups is 2. The quantitative estimate of drug-likeness (QED) is 0.728. The Morgan fingerprint density at radius 3 is 3.00 bits per heavy atom. The molecule has 0 bridgehead atoms. The van der Waals surface area contributed by atoms with Gasteiger partial charge >= 0.3 is 0 Å². The molecule has 1 saturated heterocycles. The Kier molecular flexibility index (Phi) is 2.39. The third-order valence-corrected chi connectivity index (χ3v) is 4.87. The first-order valence-electron chi connectivity index (χ1n) is 5.16. The SMILES string of the molecule is CC(=O)N1C(=O)c2nc(Br)sc2C12CCOC2. The van der Waals surface area contributed by atoms with Gasteiger partial charge in [0.05, 0.1) is 11.5 Å². The fraction of sp³-hybridized carbons (Fsp3) is 0.500. The number of thiazole rings is 1. The van der Waals surface area contributed by atoms with E-state index in [1.54, 1.807) is 0 Å². The number of hydrogen-bond acceptors (Lipinski definition) is 5. The van der Waals surface area contributed by atoms with Crippen LogP contribution in [0.4, 0.5) is 0 Å². The number of aromatic nitrogens is 1. The van der Waals surface area contributed by atoms with E-state index in [1.165, 1.54) is 23.2 Å². The van der Waals surface area contributed by atoms with Gasteiger partial charge in [-0.1, -0.05) is 0 Å². The molecule has 5 nitrogen and oxygen atoms in total. The fourth-order valence-electron chi connectivity index (χ4n) is 2.51. The Morgan fingerprint density at radius 2 is 2.41 bits per heavy atom. The Morgan fingerprint density at radius 1 is 1.65 bits per heavy atom. The van der Waals surface area contributed by atoms with Crippen molar-refractivity contribution in [2.45, 2.75) is 18.9 Å². The van der Waals surface area contributed by atoms with Crippen LogP contribution in [0.5, 0.6) is 0 Å². The average molecular weight is 317 g/mol. The van der Waals surface area contributed by atoms with E-state index in [9.17, 15) is 9.59 Å². The summed E-state index contributed by atoms with van der Waals surface area (Å²) < 4.78 is 6.07. The van der Waals surface area contributed by atoms with Crippen molar-refractivity contribution < 1.29 is 14.3 Å². The molecule has 3 rings (SSSR count). The topological polar surface area (TPSA) is 59.5 Å². The van der Waals surface area contributed by atoms with Gasteiger partial charge in [-0.25, -0.2) is 4.98 Å². The molecule has 0 saturated carbocycles. The van der Waals surface area contributed by atoms with E-state index < -0.39 is 5.54 Å². The summed E-state index contributed by atoms with van der Waals surface area (Å²) in [5, 5.41) is 0. The number of carbonyl (C=O) groups excluding carboxylic acids is 2. The van der Waals surface area contributed by atoms with Gasteiger partial charge in [0.25, 0.3) is 5.91 Å². The van der Waals surface area contributed by atoms with E-state index in [1.807, 2.05) is 0 Å². The lowest BCUT2D eigenvalue weighted by atomic mass is 9.97. The molecule has 1 spiro atoms. The second-order valence-corrected chi connectivity index (χ2v) is 6.41. The van der Waals surface area contributed by atoms with Crippen LogP contribution in [-0.2, 0) is 15.1 Å². The first-order valence-corrected chi connectivity index (χ1v) is 6.77. The van der Waals surface area contributed by atoms with Crippen molar-refractivity contribution in [3.63, 3.8) is 0 Å². The van der Waals surface area contributed by atoms with Crippen LogP contribution in [0, 0.1) is 0 Å². The highest BCUT2D eigenvalue weighted by atomic mass is 79.9. The molecule has 3 heterocycles. The Bertz CT molecular complexity index is 522. The van der Waals surface area contributed by atoms with Gasteiger partial charge in [0.2, 0.25) is 5.91 Å². The van der Waals surface area contributed by atoms with Crippen LogP contribution < -0.4 is 0 Å². The molecule has 1 aromatic heterocycles. The minimum Gasteiger partial charge on any atom is -0.378 e. The summed E-state index contributed by atoms with van der Waals surface area (Å²) >= 11 is 4.69. The van der Waals surface area contributed by atoms with E-state index in [0.717, 1.165) is 4.88 Å². The van der Waals surface area contributed by atoms with E-state index in [4.69, 9.17) is 4.74 Å². The molecule has 0 aliphatic carbocycles. The molecule has 0 aromatic carbocycles. The van der Waals surface area contributed by atoms with E-state index in [0.29, 0.717) is 29.2 Å². The summed E-state index contributed by atoms with van der Waals surface area (Å²) in [5.41, 5.74) is -0.218. The number of fused-ring (bicyclic) bond motifs is 2. The first-order chi connectivity index (χ1) is 8.06. The van der Waals surface area contributed by atoms with Crippen LogP contribution in [0.2, 0.25) is 0 Å². The maximum absolute atomic E-state index is 12.2. The van der Waals surface area contributed by atoms with Gasteiger partial charge in [-0.15, -0.1) is 11.3 Å². The van der Waals surface area contributed by atoms with Gasteiger partial charge in [0.1, 0.15) is 11.2 Å². The highest BCUT2D eigenvalue weighted by Crippen LogP contribution is 2.48. The Balaban J connectivity index is 2.21. The number of ether oxygens (including phenoxy) is 1. The number of imide groups is 1. The fourth-order valence-corrected chi connectivity index (χ4v) is 4.15. The molecular weight excluding hydrogens is 308 g/mol. The van der Waals surface area contributed by atoms with Gasteiger partial charge in [-0.2, -0.15) is 0 Å². The lowest BCUT2D eigenvalue weighted by Gasteiger charge is -2.30. The summed E-state index contributed by atoms with van der Waals surface area (Å²) in [6.07, 6.45) is 0.653. The van der Waals surface area contributed by atoms with Crippen LogP contribution in [0.1, 0.15) is 28.7 Å². The zero-order valence-corrected chi connectivity index (χ0v) is 11.4. The van der Waals surface area contributed by atoms with Crippen molar-refractivity contribution in [3.05, 3.63) is 14.5 Å². The lowest BCUT2D eigenvalue weighted by molar-refractivity contribution is -0.131. The van der Waals surface area contributed by atoms with E-state index >= 15 is 0 Å². The third-order valence-electron chi connectivity index (χ3n) is 3.17. The summed E-state index contributed by atoms with van der Waals surface area (Å²) in [4.78, 5) is 30.2. The third kappa shape index (κ3) is 1.36. The van der Waals surface area contributed by atoms with E-state index in [-0.39, 0.29) is 11.8 Å². The van der Waals surface area contributed by atoms with Gasteiger partial charge < -0.3 is 4.74 Å². The summed E-state index contributed by atoms with van der Waals surface area (Å²) in [6.45, 7) is 2.34. The predicted molar refractivity (Wildman–Crippen MR) is 63.8 cm³/mol. The second-order valence-electron chi connectivity index (χ2n) is 4.14. The lowest BCUT2D eigenvalue weighted by Crippen LogP contribution is -2.47. The summed E-state index contributed by atoms with van der Waals surface area (Å²) in [7, 11) is 0. The Hall–Kier alpha value is -0.790. The zero-order valence-electron chi connectivity index (χ0n) is 9.03. The smallest absolute Gasteiger partial charge is 0.281 e. The molecule has 7 heteroatoms. The summed E-state index contributed by atoms with van der Waals surface area (Å²) in [5.74, 6) is -0.554. The highest BCUT2D eigenvalue weighted by molar-refractivity contribution is 9.11. The molecule has 2 amide bonds. The van der Waals surface area contributed by atoms with Crippen LogP contribution in [-0.4, -0.2) is 34.9 Å². The van der Waals surface area contributed by atoms with Gasteiger partial charge in [0.15, 0.2) is 3.92 Å². The van der Waals surface area contributed by atoms with Crippen molar-refractivity contribution in [1.29, 1.82) is 0 Å². The van der Waals surface area contributed by atoms with Gasteiger partial charge in [-0.05, 0) is 15.9 Å². The molecular formula is C10H9BrN2O3S. The highest BCUT2D eigenvalue weighted by Gasteiger charge is 2.56. The molecule has 0 radical (unpaired) electrons. The molecule has 1 unspecified atom stereocenters. The van der Waals surface area contributed by atoms with Crippen LogP contribution in [0.25, 0.3) is 0 Å². The van der Waals surface area contributed by atoms with Crippen molar-refractivity contribution in [2.24, 2.45) is 0 Å². The molecule has 90 valence electrons. The largest absolute Gasteiger partial charge is 0.378 e. The molecule has 1 fully saturated rings. The first kappa shape index (κ1) is 11.3. The van der Waals surface area contributed by atoms with Crippen molar-refractivity contribution in [3.8, 4) is 0 Å². The standard InChI is InChI=1S/C10H9BrN2O3S/c1-5(14)13-8(15)6-7(17-9(11)12-6)10(13)2-3-16-4-10/h2-4H2,1H3. The number of rotatable bonds is 0. The maximum atomic E-state index is 12.2. The minimum absolute atomic E-state index is 0.248. The van der Waals surface area contributed by atoms with Crippen LogP contribution in [0.3, 0.4) is 0 Å². The zero-order chi connectivity index (χ0) is 12.2. The van der Waals surface area contributed by atoms with Gasteiger partial charge in [-0.3, -0.25) is 14.5 Å². The number of nitrogens with zero attached hydrogens (tertiary/aromatic N) is 2. The minimum atomic E-state index is -0.609. The average Bonchev–Trinajstić information content (AvgIpc) is 2.88. The normalized spacial score (nSPS) is 26.9. The van der Waals surface area contributed by atoms with Crippen molar-refractivity contribution in [1.82, 2.24) is 9.88 Å². The van der Waals surface area contributed by atoms with Crippen LogP contribution in [0.15, 0.2) is 3.92 Å². The number of halogens is 1. The van der Waals surface area contributed by atoms with Gasteiger partial charge in [0, 0.05) is 20.0 Å². The molecule has 17 heavy (non-hydrogen) atoms. The van der Waals surface area contributed by atoms with E-state index in [2.05, 4.69) is 20.9 Å². The number of hydrogen-bond donors (Lipinski definition) is 0. The molecule has 2 aliphatic heterocycles. The monoisotopic (exact) mass is 316 g/mol. The molecule has 1 atom stereocenters. The van der Waals surface area contributed by atoms with Crippen LogP contribution >= 0.6 is 27.3 Å². The van der Waals surface area contributed by atoms with Crippen molar-refractivity contribution >= 4 is 39.1 Å². The molecule has 1 aromatic rings. The molecule has 0 N–H and O–H groups in total. The van der Waals surface area contributed by atoms with Crippen molar-refractivity contribution in [2.75, 3.05) is 13.2 Å². The second kappa shape index (κ2) is 3.60. The molecule has 2 aliphatic rings. The maximum Gasteiger partial charge on any atom is 0.281 e.